The van der Waals surface area contributed by atoms with Crippen molar-refractivity contribution in [1.82, 2.24) is 14.8 Å². The van der Waals surface area contributed by atoms with Gasteiger partial charge in [0.1, 0.15) is 0 Å². The SMILES string of the molecule is Cc1c[nH]c2ccc(-c3ccnn3C)cc12. The monoisotopic (exact) mass is 211 g/mol. The van der Waals surface area contributed by atoms with Crippen LogP contribution in [0, 0.1) is 6.92 Å². The fraction of sp³-hybridized carbons (Fsp3) is 0.154. The van der Waals surface area contributed by atoms with Crippen LogP contribution in [0.3, 0.4) is 0 Å². The van der Waals surface area contributed by atoms with Gasteiger partial charge in [0, 0.05) is 35.9 Å². The van der Waals surface area contributed by atoms with Crippen LogP contribution in [0.15, 0.2) is 36.7 Å². The Labute approximate surface area is 93.7 Å². The number of nitrogens with one attached hydrogen (secondary N) is 1. The van der Waals surface area contributed by atoms with E-state index in [1.807, 2.05) is 30.2 Å². The summed E-state index contributed by atoms with van der Waals surface area (Å²) in [7, 11) is 1.96. The van der Waals surface area contributed by atoms with Crippen molar-refractivity contribution in [2.24, 2.45) is 7.05 Å². The van der Waals surface area contributed by atoms with E-state index in [0.29, 0.717) is 0 Å². The molecule has 0 spiro atoms. The van der Waals surface area contributed by atoms with Gasteiger partial charge in [-0.1, -0.05) is 6.07 Å². The molecule has 1 N–H and O–H groups in total. The Morgan fingerprint density at radius 3 is 2.88 bits per heavy atom. The first kappa shape index (κ1) is 9.21. The van der Waals surface area contributed by atoms with Crippen molar-refractivity contribution < 1.29 is 0 Å². The van der Waals surface area contributed by atoms with Crippen LogP contribution in [-0.2, 0) is 7.05 Å². The van der Waals surface area contributed by atoms with Crippen molar-refractivity contribution in [1.29, 1.82) is 0 Å². The van der Waals surface area contributed by atoms with Crippen molar-refractivity contribution in [3.05, 3.63) is 42.2 Å². The number of hydrogen-bond acceptors (Lipinski definition) is 1. The van der Waals surface area contributed by atoms with Crippen LogP contribution in [0.1, 0.15) is 5.56 Å². The van der Waals surface area contributed by atoms with Gasteiger partial charge >= 0.3 is 0 Å². The van der Waals surface area contributed by atoms with Crippen LogP contribution in [0.2, 0.25) is 0 Å². The molecule has 80 valence electrons. The van der Waals surface area contributed by atoms with Crippen LogP contribution >= 0.6 is 0 Å². The second-order valence-electron chi connectivity index (χ2n) is 4.07. The fourth-order valence-corrected chi connectivity index (χ4v) is 2.08. The van der Waals surface area contributed by atoms with Crippen molar-refractivity contribution in [2.75, 3.05) is 0 Å². The largest absolute Gasteiger partial charge is 0.361 e. The molecule has 3 heteroatoms. The van der Waals surface area contributed by atoms with E-state index < -0.39 is 0 Å². The Kier molecular flexibility index (Phi) is 1.86. The van der Waals surface area contributed by atoms with E-state index in [1.54, 1.807) is 0 Å². The zero-order valence-corrected chi connectivity index (χ0v) is 9.36. The first-order valence-electron chi connectivity index (χ1n) is 5.32. The highest BCUT2D eigenvalue weighted by Crippen LogP contribution is 2.25. The van der Waals surface area contributed by atoms with Crippen LogP contribution < -0.4 is 0 Å². The molecule has 0 aliphatic heterocycles. The molecule has 0 unspecified atom stereocenters. The maximum atomic E-state index is 4.19. The molecule has 0 bridgehead atoms. The number of rotatable bonds is 1. The third kappa shape index (κ3) is 1.25. The predicted octanol–water partition coefficient (Wildman–Crippen LogP) is 2.88. The lowest BCUT2D eigenvalue weighted by molar-refractivity contribution is 0.776. The molecular weight excluding hydrogens is 198 g/mol. The summed E-state index contributed by atoms with van der Waals surface area (Å²) < 4.78 is 1.89. The quantitative estimate of drug-likeness (QED) is 0.659. The summed E-state index contributed by atoms with van der Waals surface area (Å²) in [6, 6.07) is 8.47. The average Bonchev–Trinajstić information content (AvgIpc) is 2.86. The summed E-state index contributed by atoms with van der Waals surface area (Å²) in [5.41, 5.74) is 4.81. The average molecular weight is 211 g/mol. The molecule has 2 aromatic heterocycles. The molecule has 1 aromatic carbocycles. The van der Waals surface area contributed by atoms with E-state index >= 15 is 0 Å². The summed E-state index contributed by atoms with van der Waals surface area (Å²) in [6.07, 6.45) is 3.86. The Balaban J connectivity index is 2.25. The third-order valence-electron chi connectivity index (χ3n) is 3.01. The number of nitrogens with zero attached hydrogens (tertiary/aromatic N) is 2. The minimum absolute atomic E-state index is 1.14. The van der Waals surface area contributed by atoms with Gasteiger partial charge in [-0.25, -0.2) is 0 Å². The molecule has 0 saturated heterocycles. The van der Waals surface area contributed by atoms with Gasteiger partial charge < -0.3 is 4.98 Å². The van der Waals surface area contributed by atoms with E-state index in [2.05, 4.69) is 35.2 Å². The third-order valence-corrected chi connectivity index (χ3v) is 3.01. The van der Waals surface area contributed by atoms with E-state index in [0.717, 1.165) is 5.69 Å². The molecule has 3 nitrogen and oxygen atoms in total. The smallest absolute Gasteiger partial charge is 0.0679 e. The highest BCUT2D eigenvalue weighted by Gasteiger charge is 2.05. The summed E-state index contributed by atoms with van der Waals surface area (Å²) in [4.78, 5) is 3.25. The summed E-state index contributed by atoms with van der Waals surface area (Å²) in [5, 5.41) is 5.47. The molecule has 0 amide bonds. The molecule has 0 fully saturated rings. The molecule has 3 rings (SSSR count). The van der Waals surface area contributed by atoms with Gasteiger partial charge in [-0.15, -0.1) is 0 Å². The Hall–Kier alpha value is -2.03. The summed E-state index contributed by atoms with van der Waals surface area (Å²) in [6.45, 7) is 2.12. The van der Waals surface area contributed by atoms with Crippen LogP contribution in [0.5, 0.6) is 0 Å². The molecule has 0 radical (unpaired) electrons. The lowest BCUT2D eigenvalue weighted by atomic mass is 10.1. The van der Waals surface area contributed by atoms with Gasteiger partial charge in [0.2, 0.25) is 0 Å². The van der Waals surface area contributed by atoms with Crippen LogP contribution in [-0.4, -0.2) is 14.8 Å². The van der Waals surface area contributed by atoms with Crippen LogP contribution in [0.25, 0.3) is 22.2 Å². The second-order valence-corrected chi connectivity index (χ2v) is 4.07. The van der Waals surface area contributed by atoms with E-state index in [-0.39, 0.29) is 0 Å². The number of H-pyrrole nitrogens is 1. The molecule has 16 heavy (non-hydrogen) atoms. The van der Waals surface area contributed by atoms with E-state index in [9.17, 15) is 0 Å². The van der Waals surface area contributed by atoms with Gasteiger partial charge in [0.25, 0.3) is 0 Å². The van der Waals surface area contributed by atoms with E-state index in [4.69, 9.17) is 0 Å². The molecule has 0 atom stereocenters. The number of fused-ring (bicyclic) bond motifs is 1. The molecular formula is C13H13N3. The molecule has 0 aliphatic rings. The van der Waals surface area contributed by atoms with Crippen molar-refractivity contribution in [2.45, 2.75) is 6.92 Å². The number of benzene rings is 1. The van der Waals surface area contributed by atoms with Gasteiger partial charge in [0.15, 0.2) is 0 Å². The Morgan fingerprint density at radius 2 is 2.12 bits per heavy atom. The highest BCUT2D eigenvalue weighted by molar-refractivity contribution is 5.87. The normalized spacial score (nSPS) is 11.1. The fourth-order valence-electron chi connectivity index (χ4n) is 2.08. The standard InChI is InChI=1S/C13H13N3/c1-9-8-14-12-4-3-10(7-11(9)12)13-5-6-15-16(13)2/h3-8,14H,1-2H3. The molecule has 0 aliphatic carbocycles. The maximum Gasteiger partial charge on any atom is 0.0679 e. The van der Waals surface area contributed by atoms with Crippen LogP contribution in [0.4, 0.5) is 0 Å². The molecule has 2 heterocycles. The molecule has 3 aromatic rings. The van der Waals surface area contributed by atoms with Gasteiger partial charge in [-0.3, -0.25) is 4.68 Å². The Morgan fingerprint density at radius 1 is 1.25 bits per heavy atom. The number of aromatic nitrogens is 3. The number of hydrogen-bond donors (Lipinski definition) is 1. The van der Waals surface area contributed by atoms with Gasteiger partial charge in [0.05, 0.1) is 5.69 Å². The van der Waals surface area contributed by atoms with E-state index in [1.165, 1.54) is 22.0 Å². The first-order valence-corrected chi connectivity index (χ1v) is 5.32. The number of aromatic amines is 1. The minimum Gasteiger partial charge on any atom is -0.361 e. The van der Waals surface area contributed by atoms with Crippen molar-refractivity contribution in [3.63, 3.8) is 0 Å². The number of aryl methyl sites for hydroxylation is 2. The van der Waals surface area contributed by atoms with Crippen molar-refractivity contribution in [3.8, 4) is 11.3 Å². The Bertz CT molecular complexity index is 646. The van der Waals surface area contributed by atoms with Gasteiger partial charge in [-0.05, 0) is 30.7 Å². The first-order chi connectivity index (χ1) is 7.75. The highest BCUT2D eigenvalue weighted by atomic mass is 15.2. The summed E-state index contributed by atoms with van der Waals surface area (Å²) >= 11 is 0. The second kappa shape index (κ2) is 3.23. The van der Waals surface area contributed by atoms with Gasteiger partial charge in [-0.2, -0.15) is 5.10 Å². The minimum atomic E-state index is 1.14. The lowest BCUT2D eigenvalue weighted by Crippen LogP contribution is -1.92. The lowest BCUT2D eigenvalue weighted by Gasteiger charge is -2.02. The zero-order valence-electron chi connectivity index (χ0n) is 9.36. The maximum absolute atomic E-state index is 4.19. The topological polar surface area (TPSA) is 33.6 Å². The molecule has 0 saturated carbocycles. The predicted molar refractivity (Wildman–Crippen MR) is 65.2 cm³/mol. The zero-order chi connectivity index (χ0) is 11.1. The summed E-state index contributed by atoms with van der Waals surface area (Å²) in [5.74, 6) is 0. The van der Waals surface area contributed by atoms with Crippen molar-refractivity contribution >= 4 is 10.9 Å².